The average Bonchev–Trinajstić information content (AvgIpc) is 3.24. The summed E-state index contributed by atoms with van der Waals surface area (Å²) in [6.07, 6.45) is 2.22. The van der Waals surface area contributed by atoms with Crippen molar-refractivity contribution in [1.29, 1.82) is 0 Å². The summed E-state index contributed by atoms with van der Waals surface area (Å²) in [7, 11) is 1.59. The highest BCUT2D eigenvalue weighted by molar-refractivity contribution is 9.10. The van der Waals surface area contributed by atoms with E-state index in [2.05, 4.69) is 32.3 Å². The van der Waals surface area contributed by atoms with Crippen molar-refractivity contribution in [3.05, 3.63) is 93.6 Å². The van der Waals surface area contributed by atoms with Gasteiger partial charge in [0, 0.05) is 40.1 Å². The van der Waals surface area contributed by atoms with Gasteiger partial charge in [-0.2, -0.15) is 0 Å². The summed E-state index contributed by atoms with van der Waals surface area (Å²) in [6, 6.07) is 18.9. The largest absolute Gasteiger partial charge is 0.493 e. The van der Waals surface area contributed by atoms with E-state index in [1.807, 2.05) is 67.7 Å². The van der Waals surface area contributed by atoms with Gasteiger partial charge in [-0.1, -0.05) is 64.0 Å². The lowest BCUT2D eigenvalue weighted by Crippen LogP contribution is -2.38. The number of aromatic amines is 1. The Labute approximate surface area is 207 Å². The van der Waals surface area contributed by atoms with Crippen LogP contribution in [0.4, 0.5) is 0 Å². The summed E-state index contributed by atoms with van der Waals surface area (Å²) in [5.74, 6) is 0.268. The minimum atomic E-state index is -0.911. The Hall–Kier alpha value is -3.29. The molecule has 0 aliphatic carbocycles. The molecule has 1 heterocycles. The van der Waals surface area contributed by atoms with Crippen molar-refractivity contribution in [2.75, 3.05) is 7.11 Å². The van der Waals surface area contributed by atoms with Gasteiger partial charge in [0.15, 0.2) is 11.5 Å². The molecule has 7 heteroatoms. The molecule has 0 bridgehead atoms. The molecule has 0 saturated heterocycles. The first-order valence-electron chi connectivity index (χ1n) is 11.0. The van der Waals surface area contributed by atoms with E-state index < -0.39 is 12.0 Å². The number of fused-ring (bicyclic) bond motifs is 1. The van der Waals surface area contributed by atoms with Gasteiger partial charge < -0.3 is 19.6 Å². The summed E-state index contributed by atoms with van der Waals surface area (Å²) < 4.78 is 12.6. The highest BCUT2D eigenvalue weighted by Gasteiger charge is 2.22. The standard InChI is InChI=1S/C27H27BrN2O4/c1-17-6-5-7-18(12-17)16-34-26-21(22(28)10-11-25(26)33-2)15-30-24(27(31)32)13-19-14-29-23-9-4-3-8-20(19)23/h3-12,14,24,29-30H,13,15-16H2,1-2H3,(H,31,32). The van der Waals surface area contributed by atoms with Crippen LogP contribution >= 0.6 is 15.9 Å². The molecule has 34 heavy (non-hydrogen) atoms. The van der Waals surface area contributed by atoms with Crippen LogP contribution in [0.2, 0.25) is 0 Å². The number of ether oxygens (including phenoxy) is 2. The lowest BCUT2D eigenvalue weighted by molar-refractivity contribution is -0.139. The highest BCUT2D eigenvalue weighted by Crippen LogP contribution is 2.37. The number of aromatic nitrogens is 1. The third-order valence-corrected chi connectivity index (χ3v) is 6.52. The molecule has 1 aromatic heterocycles. The zero-order chi connectivity index (χ0) is 24.1. The number of carbonyl (C=O) groups is 1. The third kappa shape index (κ3) is 5.43. The van der Waals surface area contributed by atoms with Crippen LogP contribution in [0.5, 0.6) is 11.5 Å². The van der Waals surface area contributed by atoms with Crippen LogP contribution < -0.4 is 14.8 Å². The fraction of sp³-hybridized carbons (Fsp3) is 0.222. The predicted octanol–water partition coefficient (Wildman–Crippen LogP) is 5.61. The summed E-state index contributed by atoms with van der Waals surface area (Å²) >= 11 is 3.60. The molecule has 0 amide bonds. The van der Waals surface area contributed by atoms with Crippen LogP contribution in [0.25, 0.3) is 10.9 Å². The smallest absolute Gasteiger partial charge is 0.321 e. The Morgan fingerprint density at radius 3 is 2.74 bits per heavy atom. The molecule has 4 rings (SSSR count). The molecule has 6 nitrogen and oxygen atoms in total. The van der Waals surface area contributed by atoms with Crippen LogP contribution in [0.1, 0.15) is 22.3 Å². The maximum absolute atomic E-state index is 12.1. The lowest BCUT2D eigenvalue weighted by Gasteiger charge is -2.19. The first-order chi connectivity index (χ1) is 16.5. The van der Waals surface area contributed by atoms with Gasteiger partial charge >= 0.3 is 5.97 Å². The molecular formula is C27H27BrN2O4. The van der Waals surface area contributed by atoms with Crippen molar-refractivity contribution >= 4 is 32.8 Å². The molecule has 0 spiro atoms. The zero-order valence-electron chi connectivity index (χ0n) is 19.1. The molecule has 1 atom stereocenters. The Bertz CT molecular complexity index is 1300. The van der Waals surface area contributed by atoms with E-state index in [1.165, 1.54) is 0 Å². The molecule has 0 radical (unpaired) electrons. The van der Waals surface area contributed by atoms with Crippen molar-refractivity contribution in [3.8, 4) is 11.5 Å². The fourth-order valence-corrected chi connectivity index (χ4v) is 4.47. The topological polar surface area (TPSA) is 83.6 Å². The maximum atomic E-state index is 12.1. The van der Waals surface area contributed by atoms with E-state index in [0.29, 0.717) is 31.1 Å². The quantitative estimate of drug-likeness (QED) is 0.252. The summed E-state index contributed by atoms with van der Waals surface area (Å²) in [6.45, 7) is 2.71. The third-order valence-electron chi connectivity index (χ3n) is 5.78. The minimum absolute atomic E-state index is 0.292. The number of hydrogen-bond acceptors (Lipinski definition) is 4. The maximum Gasteiger partial charge on any atom is 0.321 e. The second-order valence-electron chi connectivity index (χ2n) is 8.17. The molecule has 176 valence electrons. The van der Waals surface area contributed by atoms with E-state index in [1.54, 1.807) is 7.11 Å². The lowest BCUT2D eigenvalue weighted by atomic mass is 10.0. The highest BCUT2D eigenvalue weighted by atomic mass is 79.9. The van der Waals surface area contributed by atoms with Crippen molar-refractivity contribution in [2.45, 2.75) is 32.5 Å². The number of rotatable bonds is 10. The van der Waals surface area contributed by atoms with Crippen molar-refractivity contribution in [3.63, 3.8) is 0 Å². The number of benzene rings is 3. The molecule has 0 fully saturated rings. The SMILES string of the molecule is COc1ccc(Br)c(CNC(Cc2c[nH]c3ccccc23)C(=O)O)c1OCc1cccc(C)c1. The van der Waals surface area contributed by atoms with E-state index in [9.17, 15) is 9.90 Å². The number of hydrogen-bond donors (Lipinski definition) is 3. The first-order valence-corrected chi connectivity index (χ1v) is 11.8. The Morgan fingerprint density at radius 2 is 1.97 bits per heavy atom. The van der Waals surface area contributed by atoms with Crippen molar-refractivity contribution in [1.82, 2.24) is 10.3 Å². The van der Waals surface area contributed by atoms with E-state index in [-0.39, 0.29) is 0 Å². The van der Waals surface area contributed by atoms with E-state index in [4.69, 9.17) is 9.47 Å². The van der Waals surface area contributed by atoms with Gasteiger partial charge in [0.05, 0.1) is 7.11 Å². The van der Waals surface area contributed by atoms with Crippen molar-refractivity contribution in [2.24, 2.45) is 0 Å². The number of methoxy groups -OCH3 is 1. The molecule has 0 aliphatic rings. The molecule has 0 saturated carbocycles. The molecule has 4 aromatic rings. The normalized spacial score (nSPS) is 12.0. The number of aliphatic carboxylic acids is 1. The van der Waals surface area contributed by atoms with Gasteiger partial charge in [0.25, 0.3) is 0 Å². The predicted molar refractivity (Wildman–Crippen MR) is 136 cm³/mol. The minimum Gasteiger partial charge on any atom is -0.493 e. The monoisotopic (exact) mass is 522 g/mol. The van der Waals surface area contributed by atoms with Crippen LogP contribution in [-0.4, -0.2) is 29.2 Å². The Kier molecular flexibility index (Phi) is 7.55. The number of carboxylic acid groups (broad SMARTS) is 1. The second-order valence-corrected chi connectivity index (χ2v) is 9.02. The average molecular weight is 523 g/mol. The fourth-order valence-electron chi connectivity index (χ4n) is 4.02. The van der Waals surface area contributed by atoms with Crippen LogP contribution in [0.15, 0.2) is 71.3 Å². The van der Waals surface area contributed by atoms with Gasteiger partial charge in [-0.05, 0) is 36.2 Å². The summed E-state index contributed by atoms with van der Waals surface area (Å²) in [4.78, 5) is 15.3. The molecule has 3 aromatic carbocycles. The second kappa shape index (κ2) is 10.8. The number of nitrogens with one attached hydrogen (secondary N) is 2. The number of halogens is 1. The van der Waals surface area contributed by atoms with Crippen LogP contribution in [0, 0.1) is 6.92 Å². The van der Waals surface area contributed by atoms with Gasteiger partial charge in [-0.3, -0.25) is 10.1 Å². The van der Waals surface area contributed by atoms with Crippen LogP contribution in [0.3, 0.4) is 0 Å². The molecule has 0 aliphatic heterocycles. The zero-order valence-corrected chi connectivity index (χ0v) is 20.7. The van der Waals surface area contributed by atoms with Crippen LogP contribution in [-0.2, 0) is 24.4 Å². The molecule has 1 unspecified atom stereocenters. The van der Waals surface area contributed by atoms with Gasteiger partial charge in [-0.25, -0.2) is 0 Å². The number of carboxylic acids is 1. The van der Waals surface area contributed by atoms with Crippen molar-refractivity contribution < 1.29 is 19.4 Å². The summed E-state index contributed by atoms with van der Waals surface area (Å²) in [5, 5.41) is 14.1. The number of H-pyrrole nitrogens is 1. The Morgan fingerprint density at radius 1 is 1.15 bits per heavy atom. The van der Waals surface area contributed by atoms with Gasteiger partial charge in [-0.15, -0.1) is 0 Å². The number of aryl methyl sites for hydroxylation is 1. The molecule has 3 N–H and O–H groups in total. The summed E-state index contributed by atoms with van der Waals surface area (Å²) in [5.41, 5.74) is 4.95. The number of para-hydroxylation sites is 1. The van der Waals surface area contributed by atoms with Gasteiger partial charge in [0.1, 0.15) is 12.6 Å². The van der Waals surface area contributed by atoms with E-state index >= 15 is 0 Å². The van der Waals surface area contributed by atoms with E-state index in [0.717, 1.165) is 37.6 Å². The van der Waals surface area contributed by atoms with Gasteiger partial charge in [0.2, 0.25) is 0 Å². The Balaban J connectivity index is 1.54. The molecular weight excluding hydrogens is 496 g/mol. The first kappa shape index (κ1) is 23.9.